The standard InChI is InChI=1S/C21H29N3O3/c1-23(18-9-14-27-15-10-18)20(25)16-19-21(26)22-11-13-24(19)12-5-8-17-6-3-2-4-7-17/h2-8,18-19H,9-16H2,1H3,(H,22,26)/b8-5+/t19-/m0/s1. The number of carbonyl (C=O) groups is 2. The van der Waals surface area contributed by atoms with E-state index in [0.29, 0.717) is 26.3 Å². The Balaban J connectivity index is 1.59. The van der Waals surface area contributed by atoms with E-state index < -0.39 is 6.04 Å². The quantitative estimate of drug-likeness (QED) is 0.824. The van der Waals surface area contributed by atoms with Crippen LogP contribution in [0.1, 0.15) is 24.8 Å². The summed E-state index contributed by atoms with van der Waals surface area (Å²) in [6.07, 6.45) is 6.07. The Kier molecular flexibility index (Phi) is 7.01. The van der Waals surface area contributed by atoms with Crippen LogP contribution in [0, 0.1) is 0 Å². The molecule has 2 amide bonds. The minimum absolute atomic E-state index is 0.0287. The van der Waals surface area contributed by atoms with Gasteiger partial charge >= 0.3 is 0 Å². The lowest BCUT2D eigenvalue weighted by atomic mass is 10.0. The molecule has 0 spiro atoms. The lowest BCUT2D eigenvalue weighted by Crippen LogP contribution is -2.57. The Morgan fingerprint density at radius 2 is 2.04 bits per heavy atom. The number of ether oxygens (including phenoxy) is 1. The number of amides is 2. The molecule has 6 heteroatoms. The first kappa shape index (κ1) is 19.6. The predicted molar refractivity (Wildman–Crippen MR) is 105 cm³/mol. The Morgan fingerprint density at radius 3 is 2.78 bits per heavy atom. The van der Waals surface area contributed by atoms with E-state index >= 15 is 0 Å². The minimum atomic E-state index is -0.408. The fraction of sp³-hybridized carbons (Fsp3) is 0.524. The zero-order chi connectivity index (χ0) is 19.1. The summed E-state index contributed by atoms with van der Waals surface area (Å²) in [4.78, 5) is 29.1. The summed E-state index contributed by atoms with van der Waals surface area (Å²) in [6.45, 7) is 3.43. The molecule has 2 heterocycles. The third-order valence-electron chi connectivity index (χ3n) is 5.39. The van der Waals surface area contributed by atoms with Crippen LogP contribution in [0.3, 0.4) is 0 Å². The summed E-state index contributed by atoms with van der Waals surface area (Å²) in [5.41, 5.74) is 1.13. The first-order valence-electron chi connectivity index (χ1n) is 9.72. The van der Waals surface area contributed by atoms with Gasteiger partial charge in [0.05, 0.1) is 12.5 Å². The average Bonchev–Trinajstić information content (AvgIpc) is 2.71. The number of carbonyl (C=O) groups excluding carboxylic acids is 2. The second kappa shape index (κ2) is 9.67. The summed E-state index contributed by atoms with van der Waals surface area (Å²) in [6, 6.07) is 9.89. The Hall–Kier alpha value is -2.18. The monoisotopic (exact) mass is 371 g/mol. The predicted octanol–water partition coefficient (Wildman–Crippen LogP) is 1.53. The number of rotatable bonds is 6. The first-order chi connectivity index (χ1) is 13.1. The van der Waals surface area contributed by atoms with Crippen molar-refractivity contribution in [1.29, 1.82) is 0 Å². The van der Waals surface area contributed by atoms with Crippen molar-refractivity contribution in [3.63, 3.8) is 0 Å². The highest BCUT2D eigenvalue weighted by atomic mass is 16.5. The number of nitrogens with one attached hydrogen (secondary N) is 1. The van der Waals surface area contributed by atoms with E-state index in [1.165, 1.54) is 0 Å². The van der Waals surface area contributed by atoms with Gasteiger partial charge < -0.3 is 15.0 Å². The molecule has 146 valence electrons. The molecule has 0 saturated carbocycles. The van der Waals surface area contributed by atoms with Crippen LogP contribution in [0.25, 0.3) is 6.08 Å². The van der Waals surface area contributed by atoms with E-state index in [0.717, 1.165) is 24.9 Å². The number of hydrogen-bond donors (Lipinski definition) is 1. The smallest absolute Gasteiger partial charge is 0.237 e. The van der Waals surface area contributed by atoms with Crippen molar-refractivity contribution < 1.29 is 14.3 Å². The van der Waals surface area contributed by atoms with Gasteiger partial charge in [-0.05, 0) is 18.4 Å². The van der Waals surface area contributed by atoms with Gasteiger partial charge in [-0.1, -0.05) is 42.5 Å². The van der Waals surface area contributed by atoms with Gasteiger partial charge in [0.2, 0.25) is 11.8 Å². The van der Waals surface area contributed by atoms with Crippen molar-refractivity contribution in [3.8, 4) is 0 Å². The highest BCUT2D eigenvalue weighted by Gasteiger charge is 2.33. The Labute approximate surface area is 161 Å². The molecule has 1 aromatic carbocycles. The molecule has 0 unspecified atom stereocenters. The molecule has 27 heavy (non-hydrogen) atoms. The fourth-order valence-corrected chi connectivity index (χ4v) is 3.68. The molecule has 3 rings (SSSR count). The molecular formula is C21H29N3O3. The van der Waals surface area contributed by atoms with E-state index in [-0.39, 0.29) is 24.3 Å². The van der Waals surface area contributed by atoms with Gasteiger partial charge in [-0.15, -0.1) is 0 Å². The van der Waals surface area contributed by atoms with E-state index in [2.05, 4.69) is 22.4 Å². The van der Waals surface area contributed by atoms with E-state index in [1.54, 1.807) is 0 Å². The minimum Gasteiger partial charge on any atom is -0.381 e. The van der Waals surface area contributed by atoms with Crippen LogP contribution in [0.4, 0.5) is 0 Å². The lowest BCUT2D eigenvalue weighted by Gasteiger charge is -2.36. The van der Waals surface area contributed by atoms with Crippen molar-refractivity contribution >= 4 is 17.9 Å². The van der Waals surface area contributed by atoms with Gasteiger partial charge in [0, 0.05) is 45.9 Å². The first-order valence-corrected chi connectivity index (χ1v) is 9.72. The number of hydrogen-bond acceptors (Lipinski definition) is 4. The SMILES string of the molecule is CN(C(=O)C[C@H]1C(=O)NCCN1C/C=C/c1ccccc1)C1CCOCC1. The van der Waals surface area contributed by atoms with Crippen LogP contribution in [0.15, 0.2) is 36.4 Å². The molecular weight excluding hydrogens is 342 g/mol. The van der Waals surface area contributed by atoms with Crippen molar-refractivity contribution in [2.24, 2.45) is 0 Å². The maximum atomic E-state index is 12.8. The largest absolute Gasteiger partial charge is 0.381 e. The number of piperazine rings is 1. The van der Waals surface area contributed by atoms with Crippen molar-refractivity contribution in [2.75, 3.05) is 39.9 Å². The molecule has 0 bridgehead atoms. The van der Waals surface area contributed by atoms with Gasteiger partial charge in [0.1, 0.15) is 0 Å². The van der Waals surface area contributed by atoms with Gasteiger partial charge in [-0.2, -0.15) is 0 Å². The highest BCUT2D eigenvalue weighted by Crippen LogP contribution is 2.17. The third-order valence-corrected chi connectivity index (χ3v) is 5.39. The maximum Gasteiger partial charge on any atom is 0.237 e. The Bertz CT molecular complexity index is 656. The van der Waals surface area contributed by atoms with Crippen LogP contribution in [-0.2, 0) is 14.3 Å². The zero-order valence-electron chi connectivity index (χ0n) is 16.0. The fourth-order valence-electron chi connectivity index (χ4n) is 3.68. The van der Waals surface area contributed by atoms with Crippen molar-refractivity contribution in [1.82, 2.24) is 15.1 Å². The summed E-state index contributed by atoms with van der Waals surface area (Å²) >= 11 is 0. The molecule has 0 aromatic heterocycles. The van der Waals surface area contributed by atoms with Crippen LogP contribution < -0.4 is 5.32 Å². The van der Waals surface area contributed by atoms with Crippen molar-refractivity contribution in [2.45, 2.75) is 31.3 Å². The van der Waals surface area contributed by atoms with Crippen LogP contribution >= 0.6 is 0 Å². The molecule has 2 fully saturated rings. The molecule has 6 nitrogen and oxygen atoms in total. The van der Waals surface area contributed by atoms with Crippen molar-refractivity contribution in [3.05, 3.63) is 42.0 Å². The van der Waals surface area contributed by atoms with Crippen LogP contribution in [0.5, 0.6) is 0 Å². The normalized spacial score (nSPS) is 22.0. The maximum absolute atomic E-state index is 12.8. The summed E-state index contributed by atoms with van der Waals surface area (Å²) in [5, 5.41) is 2.90. The van der Waals surface area contributed by atoms with Gasteiger partial charge in [-0.25, -0.2) is 0 Å². The second-order valence-corrected chi connectivity index (χ2v) is 7.17. The van der Waals surface area contributed by atoms with E-state index in [1.807, 2.05) is 42.3 Å². The van der Waals surface area contributed by atoms with Gasteiger partial charge in [-0.3, -0.25) is 14.5 Å². The Morgan fingerprint density at radius 1 is 1.30 bits per heavy atom. The summed E-state index contributed by atoms with van der Waals surface area (Å²) in [7, 11) is 1.85. The molecule has 2 aliphatic rings. The van der Waals surface area contributed by atoms with E-state index in [4.69, 9.17) is 4.74 Å². The average molecular weight is 371 g/mol. The summed E-state index contributed by atoms with van der Waals surface area (Å²) < 4.78 is 5.38. The number of benzene rings is 1. The molecule has 1 aromatic rings. The topological polar surface area (TPSA) is 61.9 Å². The van der Waals surface area contributed by atoms with Gasteiger partial charge in [0.25, 0.3) is 0 Å². The molecule has 1 N–H and O–H groups in total. The van der Waals surface area contributed by atoms with Crippen LogP contribution in [-0.4, -0.2) is 73.6 Å². The summed E-state index contributed by atoms with van der Waals surface area (Å²) in [5.74, 6) is -0.0240. The van der Waals surface area contributed by atoms with E-state index in [9.17, 15) is 9.59 Å². The molecule has 2 aliphatic heterocycles. The molecule has 2 saturated heterocycles. The lowest BCUT2D eigenvalue weighted by molar-refractivity contribution is -0.140. The zero-order valence-corrected chi connectivity index (χ0v) is 16.0. The van der Waals surface area contributed by atoms with Crippen LogP contribution in [0.2, 0.25) is 0 Å². The molecule has 0 aliphatic carbocycles. The number of nitrogens with zero attached hydrogens (tertiary/aromatic N) is 2. The molecule has 1 atom stereocenters. The third kappa shape index (κ3) is 5.40. The second-order valence-electron chi connectivity index (χ2n) is 7.17. The molecule has 0 radical (unpaired) electrons. The highest BCUT2D eigenvalue weighted by molar-refractivity contribution is 5.89. The van der Waals surface area contributed by atoms with Gasteiger partial charge in [0.15, 0.2) is 0 Å².